The van der Waals surface area contributed by atoms with E-state index in [2.05, 4.69) is 5.32 Å². The zero-order chi connectivity index (χ0) is 28.4. The fourth-order valence-electron chi connectivity index (χ4n) is 4.19. The average Bonchev–Trinajstić information content (AvgIpc) is 2.95. The summed E-state index contributed by atoms with van der Waals surface area (Å²) in [5.74, 6) is -0.463. The van der Waals surface area contributed by atoms with E-state index in [1.165, 1.54) is 24.1 Å². The Morgan fingerprint density at radius 3 is 2.23 bits per heavy atom. The molecule has 0 bridgehead atoms. The molecular weight excluding hydrogens is 514 g/mol. The second kappa shape index (κ2) is 13.8. The van der Waals surface area contributed by atoms with Crippen molar-refractivity contribution >= 4 is 27.5 Å². The first kappa shape index (κ1) is 29.7. The Hall–Kier alpha value is -3.85. The summed E-state index contributed by atoms with van der Waals surface area (Å²) in [5, 5.41) is 2.85. The number of hydrogen-bond acceptors (Lipinski definition) is 5. The second-order valence-electron chi connectivity index (χ2n) is 9.29. The van der Waals surface area contributed by atoms with E-state index in [4.69, 9.17) is 4.74 Å². The summed E-state index contributed by atoms with van der Waals surface area (Å²) < 4.78 is 34.4. The van der Waals surface area contributed by atoms with Gasteiger partial charge in [-0.2, -0.15) is 0 Å². The molecule has 0 spiro atoms. The van der Waals surface area contributed by atoms with Crippen molar-refractivity contribution < 1.29 is 22.7 Å². The van der Waals surface area contributed by atoms with Crippen LogP contribution in [-0.2, 0) is 26.0 Å². The molecule has 9 heteroatoms. The molecule has 0 fully saturated rings. The number of carbonyl (C=O) groups is 2. The normalized spacial score (nSPS) is 11.9. The highest BCUT2D eigenvalue weighted by Crippen LogP contribution is 2.33. The van der Waals surface area contributed by atoms with Gasteiger partial charge in [0, 0.05) is 13.1 Å². The van der Waals surface area contributed by atoms with Crippen LogP contribution in [-0.4, -0.2) is 57.9 Å². The standard InChI is InChI=1S/C30H37N3O5S/c1-5-19-31-30(35)24(3)32(20-18-25-12-8-6-9-13-25)29(34)22-33(27-21-23(2)16-17-28(27)38-4)39(36,37)26-14-10-7-11-15-26/h6-17,21,24H,5,18-20,22H2,1-4H3,(H,31,35)/t24-/m1/s1. The maximum atomic E-state index is 13.9. The van der Waals surface area contributed by atoms with Crippen molar-refractivity contribution in [2.75, 3.05) is 31.0 Å². The number of carbonyl (C=O) groups excluding carboxylic acids is 2. The van der Waals surface area contributed by atoms with Gasteiger partial charge in [0.05, 0.1) is 17.7 Å². The molecule has 3 aromatic rings. The molecule has 8 nitrogen and oxygen atoms in total. The molecular formula is C30H37N3O5S. The maximum absolute atomic E-state index is 13.9. The lowest BCUT2D eigenvalue weighted by atomic mass is 10.1. The molecule has 3 rings (SSSR count). The van der Waals surface area contributed by atoms with Crippen LogP contribution >= 0.6 is 0 Å². The summed E-state index contributed by atoms with van der Waals surface area (Å²) in [6, 6.07) is 22.0. The van der Waals surface area contributed by atoms with Gasteiger partial charge in [0.15, 0.2) is 0 Å². The van der Waals surface area contributed by atoms with Gasteiger partial charge < -0.3 is 15.0 Å². The topological polar surface area (TPSA) is 96.0 Å². The van der Waals surface area contributed by atoms with Crippen molar-refractivity contribution in [3.63, 3.8) is 0 Å². The fourth-order valence-corrected chi connectivity index (χ4v) is 5.63. The van der Waals surface area contributed by atoms with Gasteiger partial charge in [0.1, 0.15) is 18.3 Å². The lowest BCUT2D eigenvalue weighted by Gasteiger charge is -2.32. The Labute approximate surface area is 231 Å². The van der Waals surface area contributed by atoms with Gasteiger partial charge in [-0.05, 0) is 62.1 Å². The van der Waals surface area contributed by atoms with Crippen LogP contribution in [0.3, 0.4) is 0 Å². The van der Waals surface area contributed by atoms with Crippen molar-refractivity contribution in [1.82, 2.24) is 10.2 Å². The number of nitrogens with zero attached hydrogens (tertiary/aromatic N) is 2. The Morgan fingerprint density at radius 1 is 0.974 bits per heavy atom. The summed E-state index contributed by atoms with van der Waals surface area (Å²) >= 11 is 0. The Kier molecular flexibility index (Phi) is 10.5. The molecule has 208 valence electrons. The molecule has 1 N–H and O–H groups in total. The number of ether oxygens (including phenoxy) is 1. The van der Waals surface area contributed by atoms with E-state index >= 15 is 0 Å². The highest BCUT2D eigenvalue weighted by atomic mass is 32.2. The molecule has 0 unspecified atom stereocenters. The van der Waals surface area contributed by atoms with Crippen LogP contribution in [0.15, 0.2) is 83.8 Å². The number of amides is 2. The van der Waals surface area contributed by atoms with Gasteiger partial charge in [-0.15, -0.1) is 0 Å². The Balaban J connectivity index is 2.02. The van der Waals surface area contributed by atoms with Gasteiger partial charge in [-0.3, -0.25) is 13.9 Å². The number of aryl methyl sites for hydroxylation is 1. The first-order valence-electron chi connectivity index (χ1n) is 13.0. The average molecular weight is 552 g/mol. The molecule has 0 saturated heterocycles. The van der Waals surface area contributed by atoms with E-state index in [1.54, 1.807) is 37.3 Å². The highest BCUT2D eigenvalue weighted by molar-refractivity contribution is 7.92. The number of benzene rings is 3. The van der Waals surface area contributed by atoms with Gasteiger partial charge in [-0.1, -0.05) is 61.5 Å². The maximum Gasteiger partial charge on any atom is 0.264 e. The van der Waals surface area contributed by atoms with Crippen LogP contribution < -0.4 is 14.4 Å². The van der Waals surface area contributed by atoms with Crippen LogP contribution in [0.5, 0.6) is 5.75 Å². The number of rotatable bonds is 13. The molecule has 0 saturated carbocycles. The van der Waals surface area contributed by atoms with Crippen LogP contribution in [0, 0.1) is 6.92 Å². The smallest absolute Gasteiger partial charge is 0.264 e. The van der Waals surface area contributed by atoms with Crippen molar-refractivity contribution in [2.24, 2.45) is 0 Å². The molecule has 0 aliphatic rings. The summed E-state index contributed by atoms with van der Waals surface area (Å²) in [5.41, 5.74) is 2.06. The minimum absolute atomic E-state index is 0.0472. The molecule has 0 aromatic heterocycles. The summed E-state index contributed by atoms with van der Waals surface area (Å²) in [6.07, 6.45) is 1.27. The first-order valence-corrected chi connectivity index (χ1v) is 14.5. The van der Waals surface area contributed by atoms with E-state index < -0.39 is 28.5 Å². The van der Waals surface area contributed by atoms with Gasteiger partial charge in [-0.25, -0.2) is 8.42 Å². The lowest BCUT2D eigenvalue weighted by molar-refractivity contribution is -0.138. The molecule has 0 radical (unpaired) electrons. The van der Waals surface area contributed by atoms with Gasteiger partial charge in [0.25, 0.3) is 10.0 Å². The van der Waals surface area contributed by atoms with E-state index in [1.807, 2.05) is 50.2 Å². The second-order valence-corrected chi connectivity index (χ2v) is 11.2. The van der Waals surface area contributed by atoms with Crippen LogP contribution in [0.4, 0.5) is 5.69 Å². The number of anilines is 1. The summed E-state index contributed by atoms with van der Waals surface area (Å²) in [6.45, 7) is 5.68. The highest BCUT2D eigenvalue weighted by Gasteiger charge is 2.33. The molecule has 2 amide bonds. The van der Waals surface area contributed by atoms with E-state index in [-0.39, 0.29) is 23.0 Å². The predicted molar refractivity (Wildman–Crippen MR) is 153 cm³/mol. The summed E-state index contributed by atoms with van der Waals surface area (Å²) in [7, 11) is -2.70. The number of sulfonamides is 1. The van der Waals surface area contributed by atoms with Crippen molar-refractivity contribution in [2.45, 2.75) is 44.6 Å². The zero-order valence-corrected chi connectivity index (χ0v) is 23.8. The van der Waals surface area contributed by atoms with Crippen molar-refractivity contribution in [3.8, 4) is 5.75 Å². The third-order valence-electron chi connectivity index (χ3n) is 6.41. The summed E-state index contributed by atoms with van der Waals surface area (Å²) in [4.78, 5) is 28.4. The molecule has 39 heavy (non-hydrogen) atoms. The minimum Gasteiger partial charge on any atom is -0.495 e. The first-order chi connectivity index (χ1) is 18.7. The molecule has 3 aromatic carbocycles. The number of nitrogens with one attached hydrogen (secondary N) is 1. The van der Waals surface area contributed by atoms with Crippen molar-refractivity contribution in [1.29, 1.82) is 0 Å². The monoisotopic (exact) mass is 551 g/mol. The van der Waals surface area contributed by atoms with Crippen LogP contribution in [0.2, 0.25) is 0 Å². The van der Waals surface area contributed by atoms with Gasteiger partial charge in [0.2, 0.25) is 11.8 Å². The van der Waals surface area contributed by atoms with E-state index in [0.717, 1.165) is 21.9 Å². The minimum atomic E-state index is -4.15. The lowest BCUT2D eigenvalue weighted by Crippen LogP contribution is -2.52. The van der Waals surface area contributed by atoms with E-state index in [9.17, 15) is 18.0 Å². The van der Waals surface area contributed by atoms with Crippen molar-refractivity contribution in [3.05, 3.63) is 90.0 Å². The van der Waals surface area contributed by atoms with Crippen LogP contribution in [0.1, 0.15) is 31.4 Å². The third kappa shape index (κ3) is 7.60. The van der Waals surface area contributed by atoms with E-state index in [0.29, 0.717) is 18.7 Å². The third-order valence-corrected chi connectivity index (χ3v) is 8.19. The predicted octanol–water partition coefficient (Wildman–Crippen LogP) is 4.18. The molecule has 0 aliphatic carbocycles. The van der Waals surface area contributed by atoms with Crippen LogP contribution in [0.25, 0.3) is 0 Å². The fraction of sp³-hybridized carbons (Fsp3) is 0.333. The quantitative estimate of drug-likeness (QED) is 0.344. The molecule has 0 aliphatic heterocycles. The molecule has 0 heterocycles. The Bertz CT molecular complexity index is 1350. The zero-order valence-electron chi connectivity index (χ0n) is 23.0. The largest absolute Gasteiger partial charge is 0.495 e. The molecule has 1 atom stereocenters. The number of hydrogen-bond donors (Lipinski definition) is 1. The van der Waals surface area contributed by atoms with Gasteiger partial charge >= 0.3 is 0 Å². The Morgan fingerprint density at radius 2 is 1.62 bits per heavy atom. The number of methoxy groups -OCH3 is 1. The SMILES string of the molecule is CCCNC(=O)[C@@H](C)N(CCc1ccccc1)C(=O)CN(c1cc(C)ccc1OC)S(=O)(=O)c1ccccc1.